The highest BCUT2D eigenvalue weighted by Gasteiger charge is 2.11. The number of rotatable bonds is 5. The van der Waals surface area contributed by atoms with Gasteiger partial charge in [0.25, 0.3) is 5.91 Å². The minimum absolute atomic E-state index is 0.109. The van der Waals surface area contributed by atoms with Crippen LogP contribution in [0.5, 0.6) is 0 Å². The molecule has 0 radical (unpaired) electrons. The van der Waals surface area contributed by atoms with Crippen molar-refractivity contribution >= 4 is 21.8 Å². The summed E-state index contributed by atoms with van der Waals surface area (Å²) in [6.07, 6.45) is 1.85. The van der Waals surface area contributed by atoms with E-state index in [1.165, 1.54) is 12.1 Å². The summed E-state index contributed by atoms with van der Waals surface area (Å²) in [5, 5.41) is 2.72. The summed E-state index contributed by atoms with van der Waals surface area (Å²) in [5.41, 5.74) is 0.920. The Hall–Kier alpha value is -0.900. The molecule has 1 aromatic carbocycles. The van der Waals surface area contributed by atoms with Gasteiger partial charge in [0.05, 0.1) is 5.56 Å². The van der Waals surface area contributed by atoms with Crippen molar-refractivity contribution in [1.82, 2.24) is 5.32 Å². The first-order valence-electron chi connectivity index (χ1n) is 5.73. The van der Waals surface area contributed by atoms with E-state index in [9.17, 15) is 9.18 Å². The van der Waals surface area contributed by atoms with Crippen molar-refractivity contribution in [2.24, 2.45) is 0 Å². The van der Waals surface area contributed by atoms with Gasteiger partial charge in [-0.05, 0) is 37.5 Å². The third-order valence-electron chi connectivity index (χ3n) is 2.56. The van der Waals surface area contributed by atoms with E-state index in [1.807, 2.05) is 0 Å². The molecule has 0 saturated carbocycles. The second-order valence-corrected chi connectivity index (χ2v) is 5.33. The Labute approximate surface area is 110 Å². The van der Waals surface area contributed by atoms with Crippen LogP contribution in [-0.4, -0.2) is 17.3 Å². The van der Waals surface area contributed by atoms with Crippen molar-refractivity contribution in [3.63, 3.8) is 0 Å². The largest absolute Gasteiger partial charge is 0.352 e. The van der Waals surface area contributed by atoms with Gasteiger partial charge in [-0.25, -0.2) is 4.39 Å². The zero-order valence-electron chi connectivity index (χ0n) is 10.1. The molecule has 1 N–H and O–H groups in total. The Morgan fingerprint density at radius 1 is 1.53 bits per heavy atom. The van der Waals surface area contributed by atoms with Gasteiger partial charge in [-0.15, -0.1) is 0 Å². The van der Waals surface area contributed by atoms with Gasteiger partial charge in [0, 0.05) is 11.4 Å². The Balaban J connectivity index is 2.52. The zero-order valence-corrected chi connectivity index (χ0v) is 11.7. The van der Waals surface area contributed by atoms with Crippen molar-refractivity contribution in [2.45, 2.75) is 31.5 Å². The minimum Gasteiger partial charge on any atom is -0.352 e. The third-order valence-corrected chi connectivity index (χ3v) is 3.66. The fraction of sp³-hybridized carbons (Fsp3) is 0.462. The van der Waals surface area contributed by atoms with Crippen LogP contribution in [0.15, 0.2) is 18.2 Å². The molecule has 1 atom stereocenters. The van der Waals surface area contributed by atoms with Crippen LogP contribution in [0.2, 0.25) is 0 Å². The monoisotopic (exact) mass is 301 g/mol. The van der Waals surface area contributed by atoms with Gasteiger partial charge in [-0.1, -0.05) is 28.9 Å². The molecule has 1 amide bonds. The number of halogens is 2. The van der Waals surface area contributed by atoms with E-state index in [2.05, 4.69) is 28.2 Å². The highest BCUT2D eigenvalue weighted by Crippen LogP contribution is 2.11. The van der Waals surface area contributed by atoms with E-state index in [0.29, 0.717) is 11.4 Å². The van der Waals surface area contributed by atoms with Crippen LogP contribution in [0.3, 0.4) is 0 Å². The van der Waals surface area contributed by atoms with Gasteiger partial charge in [0.15, 0.2) is 0 Å². The number of carbonyl (C=O) groups excluding carboxylic acids is 1. The Bertz CT molecular complexity index is 395. The summed E-state index contributed by atoms with van der Waals surface area (Å²) >= 11 is 3.48. The van der Waals surface area contributed by atoms with Crippen LogP contribution in [0.4, 0.5) is 4.39 Å². The summed E-state index contributed by atoms with van der Waals surface area (Å²) in [7, 11) is 0. The fourth-order valence-corrected chi connectivity index (χ4v) is 1.67. The summed E-state index contributed by atoms with van der Waals surface area (Å²) < 4.78 is 13.5. The number of benzene rings is 1. The van der Waals surface area contributed by atoms with Crippen LogP contribution < -0.4 is 5.32 Å². The van der Waals surface area contributed by atoms with E-state index in [-0.39, 0.29) is 11.5 Å². The lowest BCUT2D eigenvalue weighted by Crippen LogP contribution is -2.26. The van der Waals surface area contributed by atoms with Crippen LogP contribution in [0.1, 0.15) is 35.7 Å². The fourth-order valence-electron chi connectivity index (χ4n) is 1.45. The van der Waals surface area contributed by atoms with Crippen LogP contribution in [-0.2, 0) is 0 Å². The molecule has 0 spiro atoms. The first kappa shape index (κ1) is 14.2. The molecule has 1 rings (SSSR count). The molecule has 17 heavy (non-hydrogen) atoms. The second kappa shape index (κ2) is 6.74. The molecule has 4 heteroatoms. The maximum atomic E-state index is 13.5. The van der Waals surface area contributed by atoms with Crippen LogP contribution in [0.25, 0.3) is 0 Å². The summed E-state index contributed by atoms with van der Waals surface area (Å²) in [5.74, 6) is -0.813. The molecule has 0 aromatic heterocycles. The van der Waals surface area contributed by atoms with E-state index < -0.39 is 5.82 Å². The molecule has 0 fully saturated rings. The van der Waals surface area contributed by atoms with E-state index in [1.54, 1.807) is 13.0 Å². The van der Waals surface area contributed by atoms with Crippen molar-refractivity contribution in [3.8, 4) is 0 Å². The molecule has 0 aliphatic rings. The minimum atomic E-state index is -0.464. The van der Waals surface area contributed by atoms with E-state index >= 15 is 0 Å². The summed E-state index contributed by atoms with van der Waals surface area (Å²) in [4.78, 5) is 12.1. The Morgan fingerprint density at radius 3 is 2.82 bits per heavy atom. The number of nitrogens with one attached hydrogen (secondary N) is 1. The lowest BCUT2D eigenvalue weighted by molar-refractivity contribution is 0.0949. The van der Waals surface area contributed by atoms with Gasteiger partial charge < -0.3 is 5.32 Å². The number of aryl methyl sites for hydroxylation is 1. The number of amides is 1. The molecule has 0 saturated heterocycles. The smallest absolute Gasteiger partial charge is 0.254 e. The van der Waals surface area contributed by atoms with Crippen LogP contribution in [0, 0.1) is 12.7 Å². The molecule has 0 bridgehead atoms. The first-order chi connectivity index (χ1) is 8.04. The maximum absolute atomic E-state index is 13.5. The molecular weight excluding hydrogens is 285 g/mol. The average molecular weight is 302 g/mol. The number of hydrogen-bond donors (Lipinski definition) is 1. The van der Waals surface area contributed by atoms with Crippen molar-refractivity contribution < 1.29 is 9.18 Å². The molecule has 0 aliphatic heterocycles. The Morgan fingerprint density at radius 2 is 2.24 bits per heavy atom. The SMILES string of the molecule is CCC(Br)CCNC(=O)c1ccc(C)cc1F. The molecular formula is C13H17BrFNO. The molecule has 94 valence electrons. The highest BCUT2D eigenvalue weighted by molar-refractivity contribution is 9.09. The molecule has 1 unspecified atom stereocenters. The van der Waals surface area contributed by atoms with E-state index in [0.717, 1.165) is 18.4 Å². The summed E-state index contributed by atoms with van der Waals surface area (Å²) in [6.45, 7) is 4.41. The predicted molar refractivity (Wildman–Crippen MR) is 71.1 cm³/mol. The molecule has 0 heterocycles. The Kier molecular flexibility index (Phi) is 5.62. The normalized spacial score (nSPS) is 12.2. The standard InChI is InChI=1S/C13H17BrFNO/c1-3-10(14)6-7-16-13(17)11-5-4-9(2)8-12(11)15/h4-5,8,10H,3,6-7H2,1-2H3,(H,16,17). The van der Waals surface area contributed by atoms with Gasteiger partial charge in [-0.3, -0.25) is 4.79 Å². The lowest BCUT2D eigenvalue weighted by atomic mass is 10.1. The van der Waals surface area contributed by atoms with Crippen molar-refractivity contribution in [1.29, 1.82) is 0 Å². The van der Waals surface area contributed by atoms with Crippen LogP contribution >= 0.6 is 15.9 Å². The average Bonchev–Trinajstić information content (AvgIpc) is 2.28. The highest BCUT2D eigenvalue weighted by atomic mass is 79.9. The van der Waals surface area contributed by atoms with E-state index in [4.69, 9.17) is 0 Å². The van der Waals surface area contributed by atoms with Gasteiger partial charge in [0.2, 0.25) is 0 Å². The molecule has 2 nitrogen and oxygen atoms in total. The van der Waals surface area contributed by atoms with Gasteiger partial charge >= 0.3 is 0 Å². The number of carbonyl (C=O) groups is 1. The quantitative estimate of drug-likeness (QED) is 0.830. The lowest BCUT2D eigenvalue weighted by Gasteiger charge is -2.09. The van der Waals surface area contributed by atoms with Gasteiger partial charge in [0.1, 0.15) is 5.82 Å². The topological polar surface area (TPSA) is 29.1 Å². The van der Waals surface area contributed by atoms with Crippen molar-refractivity contribution in [2.75, 3.05) is 6.54 Å². The molecule has 0 aliphatic carbocycles. The zero-order chi connectivity index (χ0) is 12.8. The van der Waals surface area contributed by atoms with Gasteiger partial charge in [-0.2, -0.15) is 0 Å². The maximum Gasteiger partial charge on any atom is 0.254 e. The second-order valence-electron chi connectivity index (χ2n) is 4.03. The molecule has 1 aromatic rings. The predicted octanol–water partition coefficient (Wildman–Crippen LogP) is 3.43. The number of hydrogen-bond acceptors (Lipinski definition) is 1. The number of alkyl halides is 1. The summed E-state index contributed by atoms with van der Waals surface area (Å²) in [6, 6.07) is 4.62. The third kappa shape index (κ3) is 4.46. The first-order valence-corrected chi connectivity index (χ1v) is 6.64. The van der Waals surface area contributed by atoms with Crippen molar-refractivity contribution in [3.05, 3.63) is 35.1 Å².